The highest BCUT2D eigenvalue weighted by molar-refractivity contribution is 5.85. The highest BCUT2D eigenvalue weighted by Crippen LogP contribution is 1.96. The van der Waals surface area contributed by atoms with Gasteiger partial charge in [0.25, 0.3) is 0 Å². The summed E-state index contributed by atoms with van der Waals surface area (Å²) in [4.78, 5) is 36.2. The normalized spacial score (nSPS) is 9.72. The zero-order chi connectivity index (χ0) is 14.1. The first-order valence-corrected chi connectivity index (χ1v) is 5.90. The molecule has 0 saturated heterocycles. The number of nitrogens with zero attached hydrogens (tertiary/aromatic N) is 2. The van der Waals surface area contributed by atoms with Crippen LogP contribution in [0.4, 0.5) is 4.79 Å². The van der Waals surface area contributed by atoms with Gasteiger partial charge < -0.3 is 20.2 Å². The number of hydrogen-bond acceptors (Lipinski definition) is 3. The molecule has 2 N–H and O–H groups in total. The first-order valence-electron chi connectivity index (χ1n) is 5.90. The van der Waals surface area contributed by atoms with Crippen molar-refractivity contribution < 1.29 is 19.5 Å². The van der Waals surface area contributed by atoms with Crippen LogP contribution in [0.5, 0.6) is 0 Å². The Hall–Kier alpha value is -1.79. The van der Waals surface area contributed by atoms with Gasteiger partial charge in [-0.05, 0) is 13.3 Å². The number of urea groups is 1. The van der Waals surface area contributed by atoms with Gasteiger partial charge in [0.2, 0.25) is 5.91 Å². The fourth-order valence-electron chi connectivity index (χ4n) is 1.32. The summed E-state index contributed by atoms with van der Waals surface area (Å²) < 4.78 is 0. The van der Waals surface area contributed by atoms with Crippen molar-refractivity contribution in [3.05, 3.63) is 0 Å². The first-order chi connectivity index (χ1) is 8.42. The van der Waals surface area contributed by atoms with E-state index in [4.69, 9.17) is 5.11 Å². The molecule has 0 spiro atoms. The van der Waals surface area contributed by atoms with E-state index in [-0.39, 0.29) is 25.5 Å². The summed E-state index contributed by atoms with van der Waals surface area (Å²) in [5, 5.41) is 11.3. The molecule has 18 heavy (non-hydrogen) atoms. The van der Waals surface area contributed by atoms with Crippen molar-refractivity contribution in [2.45, 2.75) is 20.3 Å². The predicted octanol–water partition coefficient (Wildman–Crippen LogP) is -0.0291. The average Bonchev–Trinajstić information content (AvgIpc) is 2.32. The fraction of sp³-hybridized carbons (Fsp3) is 0.727. The van der Waals surface area contributed by atoms with Crippen LogP contribution in [-0.4, -0.2) is 66.0 Å². The molecule has 0 aliphatic carbocycles. The average molecular weight is 259 g/mol. The summed E-state index contributed by atoms with van der Waals surface area (Å²) in [6.07, 6.45) is 0.823. The molecule has 0 aliphatic heterocycles. The third-order valence-corrected chi connectivity index (χ3v) is 2.26. The van der Waals surface area contributed by atoms with E-state index in [2.05, 4.69) is 5.32 Å². The maximum absolute atomic E-state index is 11.8. The largest absolute Gasteiger partial charge is 0.480 e. The molecule has 0 aromatic carbocycles. The van der Waals surface area contributed by atoms with Gasteiger partial charge in [-0.25, -0.2) is 4.79 Å². The molecule has 0 aromatic rings. The maximum atomic E-state index is 11.8. The third-order valence-electron chi connectivity index (χ3n) is 2.26. The van der Waals surface area contributed by atoms with Crippen molar-refractivity contribution in [1.29, 1.82) is 0 Å². The molecular weight excluding hydrogens is 238 g/mol. The van der Waals surface area contributed by atoms with Crippen LogP contribution in [0.3, 0.4) is 0 Å². The summed E-state index contributed by atoms with van der Waals surface area (Å²) in [5.41, 5.74) is 0. The van der Waals surface area contributed by atoms with Crippen LogP contribution in [0.15, 0.2) is 0 Å². The molecule has 0 radical (unpaired) electrons. The molecular formula is C11H21N3O4. The van der Waals surface area contributed by atoms with E-state index in [0.717, 1.165) is 11.3 Å². The van der Waals surface area contributed by atoms with Crippen molar-refractivity contribution in [2.24, 2.45) is 0 Å². The van der Waals surface area contributed by atoms with Gasteiger partial charge in [-0.3, -0.25) is 9.59 Å². The molecule has 7 nitrogen and oxygen atoms in total. The summed E-state index contributed by atoms with van der Waals surface area (Å²) in [6.45, 7) is 4.03. The number of carboxylic acid groups (broad SMARTS) is 1. The molecule has 0 heterocycles. The molecule has 7 heteroatoms. The quantitative estimate of drug-likeness (QED) is 0.672. The van der Waals surface area contributed by atoms with E-state index in [9.17, 15) is 14.4 Å². The lowest BCUT2D eigenvalue weighted by Gasteiger charge is -2.25. The zero-order valence-corrected chi connectivity index (χ0v) is 11.1. The van der Waals surface area contributed by atoms with Gasteiger partial charge in [-0.2, -0.15) is 0 Å². The fourth-order valence-corrected chi connectivity index (χ4v) is 1.32. The van der Waals surface area contributed by atoms with E-state index in [0.29, 0.717) is 6.54 Å². The number of hydrogen-bond donors (Lipinski definition) is 2. The third kappa shape index (κ3) is 6.07. The van der Waals surface area contributed by atoms with Gasteiger partial charge in [0, 0.05) is 20.1 Å². The minimum Gasteiger partial charge on any atom is -0.480 e. The van der Waals surface area contributed by atoms with E-state index in [1.165, 1.54) is 11.9 Å². The van der Waals surface area contributed by atoms with Crippen LogP contribution >= 0.6 is 0 Å². The van der Waals surface area contributed by atoms with Crippen molar-refractivity contribution in [1.82, 2.24) is 15.1 Å². The molecule has 0 rings (SSSR count). The summed E-state index contributed by atoms with van der Waals surface area (Å²) in [5.74, 6) is -1.33. The number of amides is 3. The van der Waals surface area contributed by atoms with Crippen LogP contribution in [-0.2, 0) is 9.59 Å². The van der Waals surface area contributed by atoms with Crippen LogP contribution < -0.4 is 5.32 Å². The second kappa shape index (κ2) is 8.32. The number of carboxylic acids is 1. The molecule has 0 bridgehead atoms. The Morgan fingerprint density at radius 1 is 1.17 bits per heavy atom. The molecule has 104 valence electrons. The van der Waals surface area contributed by atoms with E-state index in [1.54, 1.807) is 6.92 Å². The predicted molar refractivity (Wildman–Crippen MR) is 66.2 cm³/mol. The molecule has 0 atom stereocenters. The summed E-state index contributed by atoms with van der Waals surface area (Å²) in [6, 6.07) is -0.466. The lowest BCUT2D eigenvalue weighted by Crippen LogP contribution is -2.47. The zero-order valence-electron chi connectivity index (χ0n) is 11.1. The van der Waals surface area contributed by atoms with Gasteiger partial charge in [0.15, 0.2) is 0 Å². The first kappa shape index (κ1) is 16.2. The lowest BCUT2D eigenvalue weighted by atomic mass is 10.4. The Kier molecular flexibility index (Phi) is 7.50. The van der Waals surface area contributed by atoms with Crippen LogP contribution in [0.25, 0.3) is 0 Å². The van der Waals surface area contributed by atoms with E-state index < -0.39 is 12.0 Å². The molecule has 0 fully saturated rings. The van der Waals surface area contributed by atoms with E-state index >= 15 is 0 Å². The van der Waals surface area contributed by atoms with Crippen molar-refractivity contribution in [3.63, 3.8) is 0 Å². The van der Waals surface area contributed by atoms with Gasteiger partial charge in [0.1, 0.15) is 13.1 Å². The number of rotatable bonds is 7. The highest BCUT2D eigenvalue weighted by Gasteiger charge is 2.20. The van der Waals surface area contributed by atoms with Gasteiger partial charge in [-0.15, -0.1) is 0 Å². The minimum atomic E-state index is -1.07. The topological polar surface area (TPSA) is 90.0 Å². The maximum Gasteiger partial charge on any atom is 0.323 e. The lowest BCUT2D eigenvalue weighted by molar-refractivity contribution is -0.137. The Morgan fingerprint density at radius 3 is 2.22 bits per heavy atom. The standard InChI is InChI=1S/C11H21N3O4/c1-4-6-12-9(15)7-13(3)11(18)14(5-2)8-10(16)17/h4-8H2,1-3H3,(H,12,15)(H,16,17). The molecule has 3 amide bonds. The van der Waals surface area contributed by atoms with Crippen LogP contribution in [0.2, 0.25) is 0 Å². The number of carbonyl (C=O) groups excluding carboxylic acids is 2. The number of likely N-dealkylation sites (N-methyl/N-ethyl adjacent to an activating group) is 2. The molecule has 0 unspecified atom stereocenters. The Balaban J connectivity index is 4.29. The monoisotopic (exact) mass is 259 g/mol. The van der Waals surface area contributed by atoms with Gasteiger partial charge >= 0.3 is 12.0 Å². The second-order valence-electron chi connectivity index (χ2n) is 3.90. The number of nitrogens with one attached hydrogen (secondary N) is 1. The van der Waals surface area contributed by atoms with Crippen LogP contribution in [0.1, 0.15) is 20.3 Å². The van der Waals surface area contributed by atoms with Gasteiger partial charge in [-0.1, -0.05) is 6.92 Å². The second-order valence-corrected chi connectivity index (χ2v) is 3.90. The van der Waals surface area contributed by atoms with Crippen molar-refractivity contribution in [3.8, 4) is 0 Å². The smallest absolute Gasteiger partial charge is 0.323 e. The van der Waals surface area contributed by atoms with Gasteiger partial charge in [0.05, 0.1) is 0 Å². The minimum absolute atomic E-state index is 0.0745. The number of carbonyl (C=O) groups is 3. The Bertz CT molecular complexity index is 307. The van der Waals surface area contributed by atoms with Crippen LogP contribution in [0, 0.1) is 0 Å². The SMILES string of the molecule is CCCNC(=O)CN(C)C(=O)N(CC)CC(=O)O. The van der Waals surface area contributed by atoms with Crippen molar-refractivity contribution >= 4 is 17.9 Å². The molecule has 0 aliphatic rings. The summed E-state index contributed by atoms with van der Waals surface area (Å²) in [7, 11) is 1.47. The molecule has 0 saturated carbocycles. The Labute approximate surface area is 107 Å². The van der Waals surface area contributed by atoms with Crippen molar-refractivity contribution in [2.75, 3.05) is 33.2 Å². The highest BCUT2D eigenvalue weighted by atomic mass is 16.4. The Morgan fingerprint density at radius 2 is 1.78 bits per heavy atom. The summed E-state index contributed by atoms with van der Waals surface area (Å²) >= 11 is 0. The van der Waals surface area contributed by atoms with E-state index in [1.807, 2.05) is 6.92 Å². The number of aliphatic carboxylic acids is 1. The molecule has 0 aromatic heterocycles.